The summed E-state index contributed by atoms with van der Waals surface area (Å²) < 4.78 is 4.96. The number of hydrogen-bond donors (Lipinski definition) is 2. The summed E-state index contributed by atoms with van der Waals surface area (Å²) in [7, 11) is 0. The van der Waals surface area contributed by atoms with Crippen LogP contribution in [0.5, 0.6) is 0 Å². The molecule has 0 bridgehead atoms. The fraction of sp³-hybridized carbons (Fsp3) is 0.222. The van der Waals surface area contributed by atoms with E-state index in [9.17, 15) is 4.79 Å². The zero-order valence-electron chi connectivity index (χ0n) is 7.04. The molecule has 0 spiro atoms. The lowest BCUT2D eigenvalue weighted by molar-refractivity contribution is 0.102. The van der Waals surface area contributed by atoms with E-state index < -0.39 is 0 Å². The number of hydrogen-bond acceptors (Lipinski definition) is 4. The predicted molar refractivity (Wildman–Crippen MR) is 47.1 cm³/mol. The molecule has 0 aromatic carbocycles. The van der Waals surface area contributed by atoms with Crippen LogP contribution in [0.2, 0.25) is 0 Å². The molecule has 0 atom stereocenters. The first-order chi connectivity index (χ1) is 6.36. The number of carbonyl (C=O) groups excluding carboxylic acids is 1. The summed E-state index contributed by atoms with van der Waals surface area (Å²) in [5.74, 6) is 1.01. The Morgan fingerprint density at radius 2 is 2.23 bits per heavy atom. The van der Waals surface area contributed by atoms with Crippen LogP contribution < -0.4 is 10.6 Å². The molecule has 0 amide bonds. The van der Waals surface area contributed by atoms with E-state index in [4.69, 9.17) is 4.42 Å². The fourth-order valence-corrected chi connectivity index (χ4v) is 1.18. The van der Waals surface area contributed by atoms with Gasteiger partial charge in [0.15, 0.2) is 5.76 Å². The monoisotopic (exact) mass is 178 g/mol. The van der Waals surface area contributed by atoms with Gasteiger partial charge in [-0.25, -0.2) is 0 Å². The van der Waals surface area contributed by atoms with Gasteiger partial charge in [0.25, 0.3) is 0 Å². The Morgan fingerprint density at radius 1 is 1.46 bits per heavy atom. The summed E-state index contributed by atoms with van der Waals surface area (Å²) >= 11 is 0. The Kier molecular flexibility index (Phi) is 2.04. The topological polar surface area (TPSA) is 54.3 Å². The summed E-state index contributed by atoms with van der Waals surface area (Å²) in [6.07, 6.45) is 2.99. The minimum atomic E-state index is -0.123. The predicted octanol–water partition coefficient (Wildman–Crippen LogP) is 0.496. The van der Waals surface area contributed by atoms with Crippen molar-refractivity contribution in [1.82, 2.24) is 10.6 Å². The highest BCUT2D eigenvalue weighted by molar-refractivity contribution is 6.02. The Labute approximate surface area is 75.6 Å². The summed E-state index contributed by atoms with van der Waals surface area (Å²) in [5, 5.41) is 6.07. The van der Waals surface area contributed by atoms with E-state index in [0.29, 0.717) is 5.76 Å². The van der Waals surface area contributed by atoms with Crippen molar-refractivity contribution < 1.29 is 9.21 Å². The van der Waals surface area contributed by atoms with Crippen molar-refractivity contribution in [2.45, 2.75) is 0 Å². The number of ketones is 1. The zero-order chi connectivity index (χ0) is 9.10. The highest BCUT2D eigenvalue weighted by atomic mass is 16.3. The third-order valence-corrected chi connectivity index (χ3v) is 1.80. The van der Waals surface area contributed by atoms with Crippen LogP contribution in [0.4, 0.5) is 0 Å². The molecular formula is C9H10N2O2. The third kappa shape index (κ3) is 1.72. The van der Waals surface area contributed by atoms with Gasteiger partial charge in [0.2, 0.25) is 5.78 Å². The number of nitrogens with one attached hydrogen (secondary N) is 2. The summed E-state index contributed by atoms with van der Waals surface area (Å²) in [4.78, 5) is 11.4. The molecule has 1 saturated heterocycles. The molecule has 1 aromatic heterocycles. The first kappa shape index (κ1) is 7.91. The van der Waals surface area contributed by atoms with Crippen molar-refractivity contribution >= 4 is 5.78 Å². The smallest absolute Gasteiger partial charge is 0.224 e. The minimum absolute atomic E-state index is 0.123. The molecule has 1 aliphatic rings. The maximum absolute atomic E-state index is 11.4. The molecule has 1 aromatic rings. The summed E-state index contributed by atoms with van der Waals surface area (Å²) in [6.45, 7) is 1.72. The molecule has 68 valence electrons. The molecule has 0 aliphatic carbocycles. The molecule has 13 heavy (non-hydrogen) atoms. The molecule has 0 radical (unpaired) electrons. The van der Waals surface area contributed by atoms with Crippen LogP contribution in [0, 0.1) is 0 Å². The average Bonchev–Trinajstić information content (AvgIpc) is 2.74. The lowest BCUT2D eigenvalue weighted by Crippen LogP contribution is -2.12. The van der Waals surface area contributed by atoms with Gasteiger partial charge < -0.3 is 15.1 Å². The van der Waals surface area contributed by atoms with E-state index in [1.165, 1.54) is 12.3 Å². The van der Waals surface area contributed by atoms with Gasteiger partial charge in [0.1, 0.15) is 5.82 Å². The maximum Gasteiger partial charge on any atom is 0.224 e. The number of allylic oxidation sites excluding steroid dienone is 1. The second-order valence-corrected chi connectivity index (χ2v) is 2.75. The van der Waals surface area contributed by atoms with Crippen LogP contribution in [0.3, 0.4) is 0 Å². The van der Waals surface area contributed by atoms with Crippen LogP contribution in [-0.2, 0) is 0 Å². The van der Waals surface area contributed by atoms with E-state index in [1.54, 1.807) is 12.1 Å². The minimum Gasteiger partial charge on any atom is -0.461 e. The van der Waals surface area contributed by atoms with Crippen LogP contribution in [0.1, 0.15) is 10.6 Å². The number of rotatable bonds is 2. The van der Waals surface area contributed by atoms with Gasteiger partial charge in [-0.1, -0.05) is 0 Å². The van der Waals surface area contributed by atoms with Crippen LogP contribution in [0.15, 0.2) is 34.7 Å². The fourth-order valence-electron chi connectivity index (χ4n) is 1.18. The average molecular weight is 178 g/mol. The van der Waals surface area contributed by atoms with Gasteiger partial charge >= 0.3 is 0 Å². The molecule has 2 rings (SSSR count). The highest BCUT2D eigenvalue weighted by Gasteiger charge is 2.09. The SMILES string of the molecule is O=C(C=C1NCCN1)c1ccco1. The zero-order valence-corrected chi connectivity index (χ0v) is 7.04. The highest BCUT2D eigenvalue weighted by Crippen LogP contribution is 2.03. The second-order valence-electron chi connectivity index (χ2n) is 2.75. The van der Waals surface area contributed by atoms with Gasteiger partial charge in [-0.3, -0.25) is 4.79 Å². The van der Waals surface area contributed by atoms with E-state index in [1.807, 2.05) is 0 Å². The van der Waals surface area contributed by atoms with E-state index >= 15 is 0 Å². The van der Waals surface area contributed by atoms with Gasteiger partial charge in [-0.15, -0.1) is 0 Å². The van der Waals surface area contributed by atoms with Gasteiger partial charge in [-0.05, 0) is 12.1 Å². The molecule has 1 fully saturated rings. The molecule has 4 nitrogen and oxygen atoms in total. The van der Waals surface area contributed by atoms with E-state index in [-0.39, 0.29) is 5.78 Å². The van der Waals surface area contributed by atoms with Crippen LogP contribution >= 0.6 is 0 Å². The Bertz CT molecular complexity index is 319. The van der Waals surface area contributed by atoms with Crippen LogP contribution in [-0.4, -0.2) is 18.9 Å². The lowest BCUT2D eigenvalue weighted by Gasteiger charge is -1.96. The molecule has 1 aliphatic heterocycles. The largest absolute Gasteiger partial charge is 0.461 e. The van der Waals surface area contributed by atoms with Crippen molar-refractivity contribution in [2.24, 2.45) is 0 Å². The molecule has 2 heterocycles. The second kappa shape index (κ2) is 3.35. The van der Waals surface area contributed by atoms with Gasteiger partial charge in [0, 0.05) is 19.2 Å². The molecule has 0 unspecified atom stereocenters. The molecule has 4 heteroatoms. The third-order valence-electron chi connectivity index (χ3n) is 1.80. The Hall–Kier alpha value is -1.71. The maximum atomic E-state index is 11.4. The van der Waals surface area contributed by atoms with E-state index in [0.717, 1.165) is 18.9 Å². The quantitative estimate of drug-likeness (QED) is 0.511. The van der Waals surface area contributed by atoms with E-state index in [2.05, 4.69) is 10.6 Å². The van der Waals surface area contributed by atoms with Crippen molar-refractivity contribution in [2.75, 3.05) is 13.1 Å². The first-order valence-corrected chi connectivity index (χ1v) is 4.13. The van der Waals surface area contributed by atoms with Gasteiger partial charge in [-0.2, -0.15) is 0 Å². The van der Waals surface area contributed by atoms with Crippen LogP contribution in [0.25, 0.3) is 0 Å². The Balaban J connectivity index is 2.10. The normalized spacial score (nSPS) is 14.9. The van der Waals surface area contributed by atoms with Crippen molar-refractivity contribution in [1.29, 1.82) is 0 Å². The molecular weight excluding hydrogens is 168 g/mol. The standard InChI is InChI=1S/C9H10N2O2/c12-7(8-2-1-5-13-8)6-9-10-3-4-11-9/h1-2,5-6,10-11H,3-4H2. The summed E-state index contributed by atoms with van der Waals surface area (Å²) in [5.41, 5.74) is 0. The molecule has 2 N–H and O–H groups in total. The van der Waals surface area contributed by atoms with Crippen molar-refractivity contribution in [3.63, 3.8) is 0 Å². The van der Waals surface area contributed by atoms with Crippen molar-refractivity contribution in [3.8, 4) is 0 Å². The van der Waals surface area contributed by atoms with Gasteiger partial charge in [0.05, 0.1) is 6.26 Å². The first-order valence-electron chi connectivity index (χ1n) is 4.13. The number of furan rings is 1. The van der Waals surface area contributed by atoms with Crippen molar-refractivity contribution in [3.05, 3.63) is 36.1 Å². The lowest BCUT2D eigenvalue weighted by atomic mass is 10.3. The Morgan fingerprint density at radius 3 is 2.85 bits per heavy atom. The molecule has 0 saturated carbocycles. The number of carbonyl (C=O) groups is 1. The summed E-state index contributed by atoms with van der Waals surface area (Å²) in [6, 6.07) is 3.34.